The number of amides is 2. The predicted molar refractivity (Wildman–Crippen MR) is 164 cm³/mol. The number of hydrogen-bond acceptors (Lipinski definition) is 8. The molecule has 2 aromatic heterocycles. The molecule has 11 nitrogen and oxygen atoms in total. The summed E-state index contributed by atoms with van der Waals surface area (Å²) in [5.74, 6) is 2.24. The number of rotatable bonds is 6. The minimum Gasteiger partial charge on any atom is -0.493 e. The Hall–Kier alpha value is -4.87. The molecule has 5 rings (SSSR count). The molecule has 12 heteroatoms. The van der Waals surface area contributed by atoms with E-state index in [1.807, 2.05) is 40.8 Å². The fourth-order valence-corrected chi connectivity index (χ4v) is 5.20. The number of benzene rings is 2. The molecule has 238 valence electrons. The number of ether oxygens (including phenoxy) is 3. The first-order valence-corrected chi connectivity index (χ1v) is 15.1. The van der Waals surface area contributed by atoms with Crippen molar-refractivity contribution in [1.82, 2.24) is 24.5 Å². The summed E-state index contributed by atoms with van der Waals surface area (Å²) in [6.07, 6.45) is 5.70. The maximum Gasteiger partial charge on any atom is 0.260 e. The topological polar surface area (TPSA) is 112 Å². The van der Waals surface area contributed by atoms with Crippen LogP contribution < -0.4 is 14.2 Å². The Kier molecular flexibility index (Phi) is 10.7. The molecule has 0 fully saturated rings. The number of methoxy groups -OCH3 is 1. The molecule has 0 spiro atoms. The normalized spacial score (nSPS) is 14.6. The summed E-state index contributed by atoms with van der Waals surface area (Å²) in [4.78, 5) is 34.8. The zero-order valence-corrected chi connectivity index (χ0v) is 25.6. The summed E-state index contributed by atoms with van der Waals surface area (Å²) in [5.41, 5.74) is 1.57. The van der Waals surface area contributed by atoms with Crippen molar-refractivity contribution in [2.24, 2.45) is 0 Å². The molecule has 1 aliphatic heterocycles. The first-order valence-electron chi connectivity index (χ1n) is 15.1. The second-order valence-corrected chi connectivity index (χ2v) is 10.8. The molecule has 3 heterocycles. The van der Waals surface area contributed by atoms with E-state index in [-0.39, 0.29) is 30.7 Å². The molecule has 0 unspecified atom stereocenters. The van der Waals surface area contributed by atoms with E-state index in [0.29, 0.717) is 81.6 Å². The fourth-order valence-electron chi connectivity index (χ4n) is 5.20. The highest BCUT2D eigenvalue weighted by Crippen LogP contribution is 2.32. The third-order valence-electron chi connectivity index (χ3n) is 7.57. The largest absolute Gasteiger partial charge is 0.493 e. The average molecular weight is 620 g/mol. The zero-order valence-electron chi connectivity index (χ0n) is 25.6. The second kappa shape index (κ2) is 15.2. The molecule has 2 aromatic carbocycles. The Balaban J connectivity index is 1.33. The van der Waals surface area contributed by atoms with Crippen LogP contribution in [-0.4, -0.2) is 82.8 Å². The average Bonchev–Trinajstić information content (AvgIpc) is 3.69. The lowest BCUT2D eigenvalue weighted by Crippen LogP contribution is -2.38. The summed E-state index contributed by atoms with van der Waals surface area (Å²) in [7, 11) is 1.59. The second-order valence-electron chi connectivity index (χ2n) is 10.8. The number of carbonyl (C=O) groups excluding carboxylic acids is 2. The first kappa shape index (κ1) is 31.6. The van der Waals surface area contributed by atoms with Gasteiger partial charge in [0.05, 0.1) is 25.8 Å². The van der Waals surface area contributed by atoms with E-state index in [0.717, 1.165) is 17.1 Å². The van der Waals surface area contributed by atoms with E-state index in [9.17, 15) is 14.0 Å². The molecule has 45 heavy (non-hydrogen) atoms. The maximum absolute atomic E-state index is 13.4. The zero-order chi connectivity index (χ0) is 31.6. The van der Waals surface area contributed by atoms with Crippen LogP contribution in [0.3, 0.4) is 0 Å². The lowest BCUT2D eigenvalue weighted by molar-refractivity contribution is -0.134. The highest BCUT2D eigenvalue weighted by molar-refractivity contribution is 5.78. The molecular weight excluding hydrogens is 581 g/mol. The number of imidazole rings is 1. The molecule has 0 N–H and O–H groups in total. The van der Waals surface area contributed by atoms with Crippen LogP contribution in [0.15, 0.2) is 65.4 Å². The molecular formula is C33H38FN5O6. The minimum atomic E-state index is -0.374. The molecule has 0 saturated heterocycles. The molecule has 0 radical (unpaired) electrons. The van der Waals surface area contributed by atoms with Gasteiger partial charge in [0.1, 0.15) is 23.2 Å². The molecule has 0 saturated carbocycles. The van der Waals surface area contributed by atoms with Crippen LogP contribution in [0.1, 0.15) is 30.7 Å². The third-order valence-corrected chi connectivity index (χ3v) is 7.57. The number of nitrogens with zero attached hydrogens (tertiary/aromatic N) is 5. The number of fused-ring (bicyclic) bond motifs is 4. The summed E-state index contributed by atoms with van der Waals surface area (Å²) < 4.78 is 37.9. The van der Waals surface area contributed by atoms with E-state index >= 15 is 0 Å². The van der Waals surface area contributed by atoms with Crippen LogP contribution in [0.25, 0.3) is 11.4 Å². The van der Waals surface area contributed by atoms with Crippen molar-refractivity contribution < 1.29 is 32.7 Å². The first-order chi connectivity index (χ1) is 21.9. The number of halogens is 1. The lowest BCUT2D eigenvalue weighted by Gasteiger charge is -2.25. The third kappa shape index (κ3) is 8.62. The summed E-state index contributed by atoms with van der Waals surface area (Å²) in [6.45, 7) is 4.45. The van der Waals surface area contributed by atoms with Gasteiger partial charge in [0, 0.05) is 56.7 Å². The van der Waals surface area contributed by atoms with Crippen molar-refractivity contribution in [3.63, 3.8) is 0 Å². The SMILES string of the molecule is COc1ccc2cc1OCCCN(C(=O)COc1ccc(F)cc1)CCCCN(C(=O)Cc1cc(C)no1)CCn1ccnc1-2. The highest BCUT2D eigenvalue weighted by Gasteiger charge is 2.20. The van der Waals surface area contributed by atoms with Gasteiger partial charge in [0.25, 0.3) is 5.91 Å². The van der Waals surface area contributed by atoms with Gasteiger partial charge in [-0.1, -0.05) is 5.16 Å². The summed E-state index contributed by atoms with van der Waals surface area (Å²) in [6, 6.07) is 13.0. The van der Waals surface area contributed by atoms with Crippen molar-refractivity contribution in [3.8, 4) is 28.6 Å². The number of hydrogen-bond donors (Lipinski definition) is 0. The van der Waals surface area contributed by atoms with Crippen molar-refractivity contribution in [1.29, 1.82) is 0 Å². The van der Waals surface area contributed by atoms with E-state index < -0.39 is 0 Å². The van der Waals surface area contributed by atoms with Gasteiger partial charge in [-0.3, -0.25) is 9.59 Å². The Morgan fingerprint density at radius 1 is 0.933 bits per heavy atom. The van der Waals surface area contributed by atoms with Crippen LogP contribution in [0.5, 0.6) is 17.2 Å². The van der Waals surface area contributed by atoms with Gasteiger partial charge in [-0.2, -0.15) is 0 Å². The van der Waals surface area contributed by atoms with Gasteiger partial charge in [0.15, 0.2) is 18.1 Å². The Labute approximate surface area is 261 Å². The Bertz CT molecular complexity index is 1570. The summed E-state index contributed by atoms with van der Waals surface area (Å²) >= 11 is 0. The van der Waals surface area contributed by atoms with Gasteiger partial charge in [-0.25, -0.2) is 9.37 Å². The van der Waals surface area contributed by atoms with Crippen LogP contribution in [0.4, 0.5) is 4.39 Å². The van der Waals surface area contributed by atoms with Crippen LogP contribution in [-0.2, 0) is 22.6 Å². The number of carbonyl (C=O) groups is 2. The predicted octanol–water partition coefficient (Wildman–Crippen LogP) is 4.54. The number of aromatic nitrogens is 3. The molecule has 4 aromatic rings. The Morgan fingerprint density at radius 3 is 2.42 bits per heavy atom. The van der Waals surface area contributed by atoms with Crippen LogP contribution in [0, 0.1) is 12.7 Å². The van der Waals surface area contributed by atoms with Gasteiger partial charge in [-0.15, -0.1) is 0 Å². The monoisotopic (exact) mass is 619 g/mol. The highest BCUT2D eigenvalue weighted by atomic mass is 19.1. The van der Waals surface area contributed by atoms with Gasteiger partial charge < -0.3 is 33.1 Å². The molecule has 0 aliphatic carbocycles. The van der Waals surface area contributed by atoms with Crippen molar-refractivity contribution >= 4 is 11.8 Å². The van der Waals surface area contributed by atoms with Gasteiger partial charge in [0.2, 0.25) is 5.91 Å². The quantitative estimate of drug-likeness (QED) is 0.310. The van der Waals surface area contributed by atoms with Gasteiger partial charge >= 0.3 is 0 Å². The van der Waals surface area contributed by atoms with E-state index in [1.165, 1.54) is 24.3 Å². The maximum atomic E-state index is 13.4. The minimum absolute atomic E-state index is 0.0634. The van der Waals surface area contributed by atoms with Gasteiger partial charge in [-0.05, 0) is 68.7 Å². The van der Waals surface area contributed by atoms with Crippen molar-refractivity contribution in [2.45, 2.75) is 39.2 Å². The van der Waals surface area contributed by atoms with Crippen LogP contribution in [0.2, 0.25) is 0 Å². The van der Waals surface area contributed by atoms with Crippen LogP contribution >= 0.6 is 0 Å². The summed E-state index contributed by atoms with van der Waals surface area (Å²) in [5, 5.41) is 3.91. The molecule has 0 atom stereocenters. The Morgan fingerprint density at radius 2 is 1.69 bits per heavy atom. The van der Waals surface area contributed by atoms with E-state index in [4.69, 9.17) is 18.7 Å². The lowest BCUT2D eigenvalue weighted by atomic mass is 10.2. The smallest absolute Gasteiger partial charge is 0.260 e. The molecule has 2 bridgehead atoms. The van der Waals surface area contributed by atoms with Crippen molar-refractivity contribution in [2.75, 3.05) is 46.5 Å². The standard InChI is InChI=1S/C33H38FN5O6/c1-24-20-28(45-36-24)22-31(40)38-14-4-3-13-37(32(41)23-44-27-9-7-26(34)8-10-27)15-5-19-43-30-21-25(6-11-29(30)42-2)33-35-12-16-39(33)18-17-38/h6-12,16,20-21H,3-5,13-15,17-19,22-23H2,1-2H3. The number of aryl methyl sites for hydroxylation is 1. The molecule has 1 aliphatic rings. The van der Waals surface area contributed by atoms with E-state index in [1.54, 1.807) is 24.3 Å². The van der Waals surface area contributed by atoms with E-state index in [2.05, 4.69) is 10.1 Å². The fraction of sp³-hybridized carbons (Fsp3) is 0.394. The molecule has 2 amide bonds. The van der Waals surface area contributed by atoms with Crippen molar-refractivity contribution in [3.05, 3.63) is 78.2 Å².